The highest BCUT2D eigenvalue weighted by Gasteiger charge is 2.14. The number of benzene rings is 1. The van der Waals surface area contributed by atoms with Crippen LogP contribution in [0.1, 0.15) is 12.0 Å². The summed E-state index contributed by atoms with van der Waals surface area (Å²) in [6, 6.07) is 8.24. The van der Waals surface area contributed by atoms with E-state index < -0.39 is 11.1 Å². The van der Waals surface area contributed by atoms with Crippen LogP contribution in [0, 0.1) is 0 Å². The molecule has 1 N–H and O–H groups in total. The van der Waals surface area contributed by atoms with Crippen LogP contribution in [0.25, 0.3) is 0 Å². The normalized spacial score (nSPS) is 17.3. The van der Waals surface area contributed by atoms with Gasteiger partial charge in [-0.3, -0.25) is 0 Å². The van der Waals surface area contributed by atoms with E-state index in [0.717, 1.165) is 18.7 Å². The van der Waals surface area contributed by atoms with Crippen LogP contribution < -0.4 is 4.90 Å². The van der Waals surface area contributed by atoms with E-state index in [1.165, 1.54) is 12.1 Å². The lowest BCUT2D eigenvalue weighted by molar-refractivity contribution is 0.563. The molecule has 3 nitrogen and oxygen atoms in total. The fourth-order valence-electron chi connectivity index (χ4n) is 1.69. The van der Waals surface area contributed by atoms with Gasteiger partial charge in [-0.25, -0.2) is 4.21 Å². The fraction of sp³-hybridized carbons (Fsp3) is 0.455. The first-order valence-corrected chi connectivity index (χ1v) is 6.44. The number of hydrogen-bond donors (Lipinski definition) is 1. The van der Waals surface area contributed by atoms with Gasteiger partial charge in [0.2, 0.25) is 0 Å². The SMILES string of the molecule is O=S(O)CCc1cccc(N2CCC2)c1. The highest BCUT2D eigenvalue weighted by molar-refractivity contribution is 7.79. The Hall–Kier alpha value is -0.870. The van der Waals surface area contributed by atoms with E-state index in [1.807, 2.05) is 12.1 Å². The maximum absolute atomic E-state index is 10.6. The van der Waals surface area contributed by atoms with Gasteiger partial charge in [-0.05, 0) is 30.5 Å². The van der Waals surface area contributed by atoms with E-state index in [2.05, 4.69) is 17.0 Å². The fourth-order valence-corrected chi connectivity index (χ4v) is 2.10. The van der Waals surface area contributed by atoms with Gasteiger partial charge >= 0.3 is 0 Å². The van der Waals surface area contributed by atoms with Gasteiger partial charge in [-0.1, -0.05) is 12.1 Å². The van der Waals surface area contributed by atoms with Crippen molar-refractivity contribution in [2.45, 2.75) is 12.8 Å². The smallest absolute Gasteiger partial charge is 0.153 e. The van der Waals surface area contributed by atoms with Gasteiger partial charge in [-0.15, -0.1) is 0 Å². The second-order valence-electron chi connectivity index (χ2n) is 3.79. The maximum atomic E-state index is 10.6. The van der Waals surface area contributed by atoms with Gasteiger partial charge in [0.15, 0.2) is 11.1 Å². The third kappa shape index (κ3) is 2.79. The van der Waals surface area contributed by atoms with E-state index in [0.29, 0.717) is 12.2 Å². The summed E-state index contributed by atoms with van der Waals surface area (Å²) in [6.07, 6.45) is 1.94. The second-order valence-corrected chi connectivity index (χ2v) is 4.84. The molecule has 0 aliphatic carbocycles. The summed E-state index contributed by atoms with van der Waals surface area (Å²) in [6.45, 7) is 2.27. The summed E-state index contributed by atoms with van der Waals surface area (Å²) in [4.78, 5) is 2.32. The Kier molecular flexibility index (Phi) is 3.38. The van der Waals surface area contributed by atoms with E-state index in [1.54, 1.807) is 0 Å². The van der Waals surface area contributed by atoms with E-state index in [9.17, 15) is 4.21 Å². The van der Waals surface area contributed by atoms with Gasteiger partial charge in [0.1, 0.15) is 0 Å². The molecule has 1 heterocycles. The molecule has 1 aromatic rings. The predicted molar refractivity (Wildman–Crippen MR) is 62.6 cm³/mol. The molecule has 1 aromatic carbocycles. The molecule has 1 unspecified atom stereocenters. The number of aryl methyl sites for hydroxylation is 1. The zero-order chi connectivity index (χ0) is 10.7. The van der Waals surface area contributed by atoms with Crippen molar-refractivity contribution in [1.29, 1.82) is 0 Å². The number of nitrogens with zero attached hydrogens (tertiary/aromatic N) is 1. The first-order chi connectivity index (χ1) is 7.25. The Morgan fingerprint density at radius 3 is 2.80 bits per heavy atom. The van der Waals surface area contributed by atoms with Crippen LogP contribution in [0.5, 0.6) is 0 Å². The number of hydrogen-bond acceptors (Lipinski definition) is 2. The Bertz CT molecular complexity index is 363. The second kappa shape index (κ2) is 4.77. The van der Waals surface area contributed by atoms with E-state index >= 15 is 0 Å². The number of anilines is 1. The average Bonchev–Trinajstić information content (AvgIpc) is 2.13. The van der Waals surface area contributed by atoms with Crippen molar-refractivity contribution in [2.75, 3.05) is 23.7 Å². The largest absolute Gasteiger partial charge is 0.371 e. The molecule has 1 atom stereocenters. The van der Waals surface area contributed by atoms with Crippen LogP contribution in [0.4, 0.5) is 5.69 Å². The lowest BCUT2D eigenvalue weighted by atomic mass is 10.1. The van der Waals surface area contributed by atoms with Crippen molar-refractivity contribution < 1.29 is 8.76 Å². The Morgan fingerprint density at radius 2 is 2.20 bits per heavy atom. The molecule has 1 aliphatic heterocycles. The lowest BCUT2D eigenvalue weighted by Gasteiger charge is -2.33. The van der Waals surface area contributed by atoms with Crippen LogP contribution in [-0.2, 0) is 17.5 Å². The van der Waals surface area contributed by atoms with Gasteiger partial charge < -0.3 is 9.45 Å². The summed E-state index contributed by atoms with van der Waals surface area (Å²) in [5.74, 6) is 0.323. The van der Waals surface area contributed by atoms with Crippen LogP contribution in [-0.4, -0.2) is 27.6 Å². The predicted octanol–water partition coefficient (Wildman–Crippen LogP) is 1.66. The quantitative estimate of drug-likeness (QED) is 0.792. The minimum Gasteiger partial charge on any atom is -0.371 e. The van der Waals surface area contributed by atoms with Crippen LogP contribution in [0.2, 0.25) is 0 Å². The molecule has 2 rings (SSSR count). The molecule has 0 saturated carbocycles. The molecule has 0 aromatic heterocycles. The summed E-state index contributed by atoms with van der Waals surface area (Å²) < 4.78 is 19.3. The third-order valence-electron chi connectivity index (χ3n) is 2.70. The Balaban J connectivity index is 2.01. The molecule has 1 saturated heterocycles. The maximum Gasteiger partial charge on any atom is 0.153 e. The zero-order valence-electron chi connectivity index (χ0n) is 8.56. The molecule has 0 spiro atoms. The molecular weight excluding hydrogens is 210 g/mol. The molecule has 0 bridgehead atoms. The van der Waals surface area contributed by atoms with Crippen molar-refractivity contribution in [1.82, 2.24) is 0 Å². The van der Waals surface area contributed by atoms with Crippen molar-refractivity contribution >= 4 is 16.8 Å². The molecule has 1 fully saturated rings. The summed E-state index contributed by atoms with van der Waals surface area (Å²) in [5, 5.41) is 0. The molecule has 4 heteroatoms. The molecule has 82 valence electrons. The minimum atomic E-state index is -1.68. The van der Waals surface area contributed by atoms with Crippen molar-refractivity contribution in [3.63, 3.8) is 0 Å². The highest BCUT2D eigenvalue weighted by atomic mass is 32.2. The lowest BCUT2D eigenvalue weighted by Crippen LogP contribution is -2.36. The standard InChI is InChI=1S/C11H15NO2S/c13-15(14)8-5-10-3-1-4-11(9-10)12-6-2-7-12/h1,3-4,9H,2,5-8H2,(H,13,14). The number of rotatable bonds is 4. The first-order valence-electron chi connectivity index (χ1n) is 5.17. The van der Waals surface area contributed by atoms with Gasteiger partial charge in [-0.2, -0.15) is 0 Å². The Labute approximate surface area is 92.4 Å². The van der Waals surface area contributed by atoms with Crippen molar-refractivity contribution in [3.05, 3.63) is 29.8 Å². The van der Waals surface area contributed by atoms with Crippen LogP contribution >= 0.6 is 0 Å². The van der Waals surface area contributed by atoms with Crippen molar-refractivity contribution in [3.8, 4) is 0 Å². The van der Waals surface area contributed by atoms with Crippen LogP contribution in [0.3, 0.4) is 0 Å². The topological polar surface area (TPSA) is 40.5 Å². The first kappa shape index (κ1) is 10.6. The van der Waals surface area contributed by atoms with E-state index in [4.69, 9.17) is 4.55 Å². The molecular formula is C11H15NO2S. The highest BCUT2D eigenvalue weighted by Crippen LogP contribution is 2.21. The molecule has 1 aliphatic rings. The monoisotopic (exact) mass is 225 g/mol. The summed E-state index contributed by atoms with van der Waals surface area (Å²) in [7, 11) is 0. The zero-order valence-corrected chi connectivity index (χ0v) is 9.37. The third-order valence-corrected chi connectivity index (χ3v) is 3.25. The molecule has 0 radical (unpaired) electrons. The van der Waals surface area contributed by atoms with Gasteiger partial charge in [0.05, 0.1) is 5.75 Å². The van der Waals surface area contributed by atoms with Crippen molar-refractivity contribution in [2.24, 2.45) is 0 Å². The average molecular weight is 225 g/mol. The van der Waals surface area contributed by atoms with Crippen LogP contribution in [0.15, 0.2) is 24.3 Å². The minimum absolute atomic E-state index is 0.323. The summed E-state index contributed by atoms with van der Waals surface area (Å²) >= 11 is -1.68. The summed E-state index contributed by atoms with van der Waals surface area (Å²) in [5.41, 5.74) is 2.38. The van der Waals surface area contributed by atoms with E-state index in [-0.39, 0.29) is 0 Å². The van der Waals surface area contributed by atoms with Gasteiger partial charge in [0.25, 0.3) is 0 Å². The molecule has 15 heavy (non-hydrogen) atoms. The molecule has 0 amide bonds. The Morgan fingerprint density at radius 1 is 1.40 bits per heavy atom. The van der Waals surface area contributed by atoms with Gasteiger partial charge in [0, 0.05) is 18.8 Å².